The summed E-state index contributed by atoms with van der Waals surface area (Å²) in [5.41, 5.74) is 0. The lowest BCUT2D eigenvalue weighted by Gasteiger charge is -1.94. The highest BCUT2D eigenvalue weighted by molar-refractivity contribution is 5.15. The Balaban J connectivity index is 3.70. The summed E-state index contributed by atoms with van der Waals surface area (Å²) in [5, 5.41) is 0. The maximum Gasteiger partial charge on any atom is 0.178 e. The molecule has 0 aliphatic carbocycles. The van der Waals surface area contributed by atoms with E-state index in [4.69, 9.17) is 11.2 Å². The molecule has 0 aliphatic rings. The van der Waals surface area contributed by atoms with Crippen LogP contribution in [0.1, 0.15) is 6.92 Å². The first-order valence-corrected chi connectivity index (χ1v) is 2.26. The van der Waals surface area contributed by atoms with Crippen LogP contribution in [-0.2, 0) is 4.74 Å². The van der Waals surface area contributed by atoms with E-state index >= 15 is 0 Å². The van der Waals surface area contributed by atoms with Crippen molar-refractivity contribution in [3.63, 3.8) is 0 Å². The predicted molar refractivity (Wildman–Crippen MR) is 33.1 cm³/mol. The number of terminal acetylenes is 1. The van der Waals surface area contributed by atoms with Crippen molar-refractivity contribution in [3.8, 4) is 24.2 Å². The maximum atomic E-state index is 4.99. The first-order valence-electron chi connectivity index (χ1n) is 2.26. The number of hydrogen-bond acceptors (Lipinski definition) is 1. The van der Waals surface area contributed by atoms with Gasteiger partial charge in [0.2, 0.25) is 0 Å². The SMILES string of the molecule is C#CC(C#CC)OC. The van der Waals surface area contributed by atoms with Crippen molar-refractivity contribution in [2.24, 2.45) is 0 Å². The Morgan fingerprint density at radius 3 is 2.38 bits per heavy atom. The van der Waals surface area contributed by atoms with Crippen molar-refractivity contribution < 1.29 is 4.74 Å². The summed E-state index contributed by atoms with van der Waals surface area (Å²) in [6.07, 6.45) is 4.66. The van der Waals surface area contributed by atoms with Crippen molar-refractivity contribution in [1.82, 2.24) is 0 Å². The van der Waals surface area contributed by atoms with Gasteiger partial charge >= 0.3 is 0 Å². The van der Waals surface area contributed by atoms with Crippen LogP contribution in [0.5, 0.6) is 0 Å². The summed E-state index contributed by atoms with van der Waals surface area (Å²) in [7, 11) is 1.54. The molecule has 0 bridgehead atoms. The second-order valence-electron chi connectivity index (χ2n) is 1.18. The maximum absolute atomic E-state index is 4.99. The fourth-order valence-corrected chi connectivity index (χ4v) is 0.300. The third-order valence-electron chi connectivity index (χ3n) is 0.663. The molecule has 0 aromatic carbocycles. The summed E-state index contributed by atoms with van der Waals surface area (Å²) in [6, 6.07) is 0. The molecule has 1 nitrogen and oxygen atoms in total. The zero-order valence-corrected chi connectivity index (χ0v) is 5.06. The Hall–Kier alpha value is -0.920. The minimum atomic E-state index is -0.333. The molecule has 0 heterocycles. The van der Waals surface area contributed by atoms with Crippen molar-refractivity contribution in [1.29, 1.82) is 0 Å². The molecule has 0 saturated heterocycles. The Kier molecular flexibility index (Phi) is 3.76. The van der Waals surface area contributed by atoms with Gasteiger partial charge in [-0.05, 0) is 6.92 Å². The molecule has 0 N–H and O–H groups in total. The Morgan fingerprint density at radius 1 is 1.62 bits per heavy atom. The Morgan fingerprint density at radius 2 is 2.25 bits per heavy atom. The smallest absolute Gasteiger partial charge is 0.178 e. The van der Waals surface area contributed by atoms with E-state index in [1.165, 1.54) is 7.11 Å². The Bertz CT molecular complexity index is 142. The molecule has 1 unspecified atom stereocenters. The summed E-state index contributed by atoms with van der Waals surface area (Å²) < 4.78 is 4.73. The topological polar surface area (TPSA) is 9.23 Å². The lowest BCUT2D eigenvalue weighted by molar-refractivity contribution is 0.191. The molecule has 0 rings (SSSR count). The molecule has 0 saturated carbocycles. The van der Waals surface area contributed by atoms with E-state index in [0.717, 1.165) is 0 Å². The summed E-state index contributed by atoms with van der Waals surface area (Å²) >= 11 is 0. The molecule has 0 aromatic rings. The average Bonchev–Trinajstić information content (AvgIpc) is 1.83. The number of rotatable bonds is 1. The summed E-state index contributed by atoms with van der Waals surface area (Å²) in [5.74, 6) is 7.68. The zero-order valence-electron chi connectivity index (χ0n) is 5.06. The van der Waals surface area contributed by atoms with Gasteiger partial charge in [-0.1, -0.05) is 11.8 Å². The molecule has 1 heteroatoms. The van der Waals surface area contributed by atoms with Crippen LogP contribution in [0.4, 0.5) is 0 Å². The predicted octanol–water partition coefficient (Wildman–Crippen LogP) is 0.658. The van der Waals surface area contributed by atoms with Crippen LogP contribution in [0.2, 0.25) is 0 Å². The minimum absolute atomic E-state index is 0.333. The van der Waals surface area contributed by atoms with Crippen LogP contribution >= 0.6 is 0 Å². The van der Waals surface area contributed by atoms with Gasteiger partial charge in [0, 0.05) is 7.11 Å². The Labute approximate surface area is 50.0 Å². The van der Waals surface area contributed by atoms with Crippen molar-refractivity contribution >= 4 is 0 Å². The van der Waals surface area contributed by atoms with Crippen LogP contribution in [0.15, 0.2) is 0 Å². The van der Waals surface area contributed by atoms with Crippen LogP contribution in [0, 0.1) is 24.2 Å². The average molecular weight is 108 g/mol. The fourth-order valence-electron chi connectivity index (χ4n) is 0.300. The van der Waals surface area contributed by atoms with Crippen molar-refractivity contribution in [3.05, 3.63) is 0 Å². The zero-order chi connectivity index (χ0) is 6.41. The number of methoxy groups -OCH3 is 1. The largest absolute Gasteiger partial charge is 0.357 e. The van der Waals surface area contributed by atoms with E-state index in [-0.39, 0.29) is 6.10 Å². The molecule has 42 valence electrons. The molecular formula is C7H8O. The van der Waals surface area contributed by atoms with Crippen molar-refractivity contribution in [2.45, 2.75) is 13.0 Å². The second-order valence-corrected chi connectivity index (χ2v) is 1.18. The van der Waals surface area contributed by atoms with Gasteiger partial charge in [-0.15, -0.1) is 12.3 Å². The highest BCUT2D eigenvalue weighted by Crippen LogP contribution is 1.80. The lowest BCUT2D eigenvalue weighted by Crippen LogP contribution is -2.01. The van der Waals surface area contributed by atoms with Crippen LogP contribution < -0.4 is 0 Å². The van der Waals surface area contributed by atoms with Gasteiger partial charge < -0.3 is 4.74 Å². The molecule has 0 aliphatic heterocycles. The quantitative estimate of drug-likeness (QED) is 0.448. The summed E-state index contributed by atoms with van der Waals surface area (Å²) in [6.45, 7) is 1.73. The van der Waals surface area contributed by atoms with Gasteiger partial charge in [0.25, 0.3) is 0 Å². The van der Waals surface area contributed by atoms with E-state index in [2.05, 4.69) is 17.8 Å². The van der Waals surface area contributed by atoms with E-state index in [1.54, 1.807) is 6.92 Å². The third-order valence-corrected chi connectivity index (χ3v) is 0.663. The fraction of sp³-hybridized carbons (Fsp3) is 0.429. The molecule has 1 atom stereocenters. The van der Waals surface area contributed by atoms with Gasteiger partial charge in [0.1, 0.15) is 0 Å². The third kappa shape index (κ3) is 2.29. The molecule has 0 aromatic heterocycles. The monoisotopic (exact) mass is 108 g/mol. The molecule has 0 spiro atoms. The van der Waals surface area contributed by atoms with Crippen LogP contribution in [-0.4, -0.2) is 13.2 Å². The minimum Gasteiger partial charge on any atom is -0.357 e. The molecule has 0 amide bonds. The highest BCUT2D eigenvalue weighted by atomic mass is 16.5. The molecular weight excluding hydrogens is 100 g/mol. The van der Waals surface area contributed by atoms with E-state index in [1.807, 2.05) is 0 Å². The molecule has 0 fully saturated rings. The van der Waals surface area contributed by atoms with E-state index < -0.39 is 0 Å². The number of ether oxygens (including phenoxy) is 1. The van der Waals surface area contributed by atoms with Gasteiger partial charge in [-0.25, -0.2) is 0 Å². The van der Waals surface area contributed by atoms with Crippen LogP contribution in [0.3, 0.4) is 0 Å². The van der Waals surface area contributed by atoms with Crippen LogP contribution in [0.25, 0.3) is 0 Å². The van der Waals surface area contributed by atoms with Gasteiger partial charge in [-0.2, -0.15) is 0 Å². The number of hydrogen-bond donors (Lipinski definition) is 0. The lowest BCUT2D eigenvalue weighted by atomic mass is 10.4. The first kappa shape index (κ1) is 7.08. The summed E-state index contributed by atoms with van der Waals surface area (Å²) in [4.78, 5) is 0. The highest BCUT2D eigenvalue weighted by Gasteiger charge is 1.90. The van der Waals surface area contributed by atoms with E-state index in [9.17, 15) is 0 Å². The van der Waals surface area contributed by atoms with Gasteiger partial charge in [-0.3, -0.25) is 0 Å². The van der Waals surface area contributed by atoms with Gasteiger partial charge in [0.05, 0.1) is 0 Å². The first-order chi connectivity index (χ1) is 3.85. The molecule has 0 radical (unpaired) electrons. The van der Waals surface area contributed by atoms with E-state index in [0.29, 0.717) is 0 Å². The van der Waals surface area contributed by atoms with Crippen molar-refractivity contribution in [2.75, 3.05) is 7.11 Å². The molecule has 8 heavy (non-hydrogen) atoms. The second kappa shape index (κ2) is 4.24. The van der Waals surface area contributed by atoms with Gasteiger partial charge in [0.15, 0.2) is 6.10 Å². The standard InChI is InChI=1S/C7H8O/c1-4-6-7(5-2)8-3/h2,7H,1,3H3. The normalized spacial score (nSPS) is 10.6.